The van der Waals surface area contributed by atoms with E-state index in [0.717, 1.165) is 24.5 Å². The van der Waals surface area contributed by atoms with Crippen LogP contribution in [-0.4, -0.2) is 12.4 Å². The fourth-order valence-corrected chi connectivity index (χ4v) is 1.87. The molecule has 1 aromatic carbocycles. The van der Waals surface area contributed by atoms with Gasteiger partial charge in [-0.25, -0.2) is 0 Å². The van der Waals surface area contributed by atoms with Crippen molar-refractivity contribution < 1.29 is 0 Å². The molecule has 1 N–H and O–H groups in total. The Balaban J connectivity index is 2.13. The number of halogens is 1. The van der Waals surface area contributed by atoms with E-state index in [-0.39, 0.29) is 0 Å². The molecule has 0 amide bonds. The minimum atomic E-state index is 0.476. The maximum Gasteiger partial charge on any atom is 0.101 e. The van der Waals surface area contributed by atoms with Crippen molar-refractivity contribution in [1.82, 2.24) is 0 Å². The van der Waals surface area contributed by atoms with Crippen molar-refractivity contribution in [2.45, 2.75) is 19.3 Å². The molecule has 0 bridgehead atoms. The number of nitriles is 1. The predicted octanol–water partition coefficient (Wildman–Crippen LogP) is 3.21. The predicted molar refractivity (Wildman–Crippen MR) is 65.9 cm³/mol. The second kappa shape index (κ2) is 5.00. The van der Waals surface area contributed by atoms with Crippen molar-refractivity contribution in [3.05, 3.63) is 28.8 Å². The van der Waals surface area contributed by atoms with Crippen LogP contribution in [0.5, 0.6) is 0 Å². The first-order valence-electron chi connectivity index (χ1n) is 5.29. The van der Waals surface area contributed by atoms with Gasteiger partial charge in [-0.05, 0) is 31.0 Å². The number of amidine groups is 1. The van der Waals surface area contributed by atoms with Crippen molar-refractivity contribution in [3.8, 4) is 6.07 Å². The van der Waals surface area contributed by atoms with Crippen LogP contribution in [0.2, 0.25) is 5.02 Å². The Morgan fingerprint density at radius 2 is 2.25 bits per heavy atom. The van der Waals surface area contributed by atoms with E-state index >= 15 is 0 Å². The summed E-state index contributed by atoms with van der Waals surface area (Å²) in [4.78, 5) is 4.39. The van der Waals surface area contributed by atoms with Gasteiger partial charge in [0, 0.05) is 18.7 Å². The molecule has 1 aliphatic heterocycles. The molecule has 0 saturated heterocycles. The summed E-state index contributed by atoms with van der Waals surface area (Å²) in [5.74, 6) is 1.01. The molecule has 1 aliphatic rings. The molecule has 1 aromatic rings. The minimum absolute atomic E-state index is 0.476. The van der Waals surface area contributed by atoms with Gasteiger partial charge in [0.05, 0.1) is 10.6 Å². The largest absolute Gasteiger partial charge is 0.344 e. The molecule has 0 aromatic heterocycles. The first kappa shape index (κ1) is 11.0. The maximum absolute atomic E-state index is 8.75. The van der Waals surface area contributed by atoms with Crippen LogP contribution < -0.4 is 5.32 Å². The Labute approximate surface area is 99.8 Å². The smallest absolute Gasteiger partial charge is 0.101 e. The van der Waals surface area contributed by atoms with Gasteiger partial charge in [-0.15, -0.1) is 0 Å². The summed E-state index contributed by atoms with van der Waals surface area (Å²) in [6.07, 6.45) is 3.33. The second-order valence-corrected chi connectivity index (χ2v) is 4.12. The normalized spacial score (nSPS) is 15.1. The SMILES string of the molecule is N#Cc1ccc(NC2=NCCCC2)cc1Cl. The molecule has 82 valence electrons. The molecule has 0 aliphatic carbocycles. The van der Waals surface area contributed by atoms with Crippen molar-refractivity contribution >= 4 is 23.1 Å². The zero-order valence-electron chi connectivity index (χ0n) is 8.83. The molecular formula is C12H12ClN3. The zero-order chi connectivity index (χ0) is 11.4. The van der Waals surface area contributed by atoms with Crippen molar-refractivity contribution in [2.75, 3.05) is 11.9 Å². The molecule has 2 rings (SSSR count). The Hall–Kier alpha value is -1.53. The Kier molecular flexibility index (Phi) is 3.43. The number of rotatable bonds is 1. The number of hydrogen-bond donors (Lipinski definition) is 1. The van der Waals surface area contributed by atoms with E-state index in [0.29, 0.717) is 10.6 Å². The summed E-state index contributed by atoms with van der Waals surface area (Å²) in [7, 11) is 0. The fraction of sp³-hybridized carbons (Fsp3) is 0.333. The quantitative estimate of drug-likeness (QED) is 0.810. The lowest BCUT2D eigenvalue weighted by Crippen LogP contribution is -2.16. The molecule has 4 heteroatoms. The summed E-state index contributed by atoms with van der Waals surface area (Å²) in [5, 5.41) is 12.5. The number of anilines is 1. The number of nitrogens with zero attached hydrogens (tertiary/aromatic N) is 2. The highest BCUT2D eigenvalue weighted by molar-refractivity contribution is 6.32. The number of benzene rings is 1. The molecule has 0 radical (unpaired) electrons. The van der Waals surface area contributed by atoms with Crippen molar-refractivity contribution in [1.29, 1.82) is 5.26 Å². The van der Waals surface area contributed by atoms with E-state index in [2.05, 4.69) is 10.3 Å². The lowest BCUT2D eigenvalue weighted by atomic mass is 10.1. The van der Waals surface area contributed by atoms with Crippen LogP contribution in [0.25, 0.3) is 0 Å². The lowest BCUT2D eigenvalue weighted by molar-refractivity contribution is 0.737. The minimum Gasteiger partial charge on any atom is -0.344 e. The summed E-state index contributed by atoms with van der Waals surface area (Å²) < 4.78 is 0. The van der Waals surface area contributed by atoms with Gasteiger partial charge < -0.3 is 5.32 Å². The monoisotopic (exact) mass is 233 g/mol. The van der Waals surface area contributed by atoms with E-state index in [4.69, 9.17) is 16.9 Å². The van der Waals surface area contributed by atoms with Crippen molar-refractivity contribution in [2.24, 2.45) is 4.99 Å². The van der Waals surface area contributed by atoms with Crippen LogP contribution in [-0.2, 0) is 0 Å². The molecule has 0 atom stereocenters. The summed E-state index contributed by atoms with van der Waals surface area (Å²) in [6, 6.07) is 7.36. The second-order valence-electron chi connectivity index (χ2n) is 3.72. The highest BCUT2D eigenvalue weighted by Gasteiger charge is 2.06. The maximum atomic E-state index is 8.75. The van der Waals surface area contributed by atoms with Crippen molar-refractivity contribution in [3.63, 3.8) is 0 Å². The average Bonchev–Trinajstić information content (AvgIpc) is 2.31. The summed E-state index contributed by atoms with van der Waals surface area (Å²) in [6.45, 7) is 0.895. The van der Waals surface area contributed by atoms with Crippen LogP contribution in [0, 0.1) is 11.3 Å². The number of hydrogen-bond acceptors (Lipinski definition) is 3. The lowest BCUT2D eigenvalue weighted by Gasteiger charge is -2.14. The molecule has 1 heterocycles. The van der Waals surface area contributed by atoms with E-state index in [1.165, 1.54) is 12.8 Å². The van der Waals surface area contributed by atoms with Gasteiger partial charge in [-0.3, -0.25) is 4.99 Å². The van der Waals surface area contributed by atoms with Crippen LogP contribution in [0.15, 0.2) is 23.2 Å². The Bertz CT molecular complexity index is 460. The highest BCUT2D eigenvalue weighted by Crippen LogP contribution is 2.21. The summed E-state index contributed by atoms with van der Waals surface area (Å²) in [5.41, 5.74) is 1.39. The van der Waals surface area contributed by atoms with E-state index in [1.54, 1.807) is 12.1 Å². The Morgan fingerprint density at radius 3 is 2.88 bits per heavy atom. The van der Waals surface area contributed by atoms with Gasteiger partial charge in [-0.1, -0.05) is 11.6 Å². The average molecular weight is 234 g/mol. The third kappa shape index (κ3) is 2.53. The van der Waals surface area contributed by atoms with Crippen LogP contribution in [0.1, 0.15) is 24.8 Å². The third-order valence-electron chi connectivity index (χ3n) is 2.50. The topological polar surface area (TPSA) is 48.2 Å². The van der Waals surface area contributed by atoms with E-state index in [9.17, 15) is 0 Å². The number of aliphatic imine (C=N–C) groups is 1. The van der Waals surface area contributed by atoms with Gasteiger partial charge >= 0.3 is 0 Å². The van der Waals surface area contributed by atoms with E-state index < -0.39 is 0 Å². The molecule has 0 saturated carbocycles. The van der Waals surface area contributed by atoms with Gasteiger partial charge in [0.1, 0.15) is 11.9 Å². The molecule has 0 fully saturated rings. The standard InChI is InChI=1S/C12H12ClN3/c13-11-7-10(5-4-9(11)8-14)16-12-3-1-2-6-15-12/h4-5,7H,1-3,6H2,(H,15,16). The van der Waals surface area contributed by atoms with Gasteiger partial charge in [-0.2, -0.15) is 5.26 Å². The molecule has 0 unspecified atom stereocenters. The molecule has 0 spiro atoms. The fourth-order valence-electron chi connectivity index (χ4n) is 1.65. The highest BCUT2D eigenvalue weighted by atomic mass is 35.5. The van der Waals surface area contributed by atoms with Crippen LogP contribution >= 0.6 is 11.6 Å². The molecule has 16 heavy (non-hydrogen) atoms. The first-order chi connectivity index (χ1) is 7.79. The van der Waals surface area contributed by atoms with Gasteiger partial charge in [0.2, 0.25) is 0 Å². The molecule has 3 nitrogen and oxygen atoms in total. The number of nitrogens with one attached hydrogen (secondary N) is 1. The van der Waals surface area contributed by atoms with Gasteiger partial charge in [0.25, 0.3) is 0 Å². The van der Waals surface area contributed by atoms with Crippen LogP contribution in [0.4, 0.5) is 5.69 Å². The van der Waals surface area contributed by atoms with Crippen LogP contribution in [0.3, 0.4) is 0 Å². The van der Waals surface area contributed by atoms with Gasteiger partial charge in [0.15, 0.2) is 0 Å². The zero-order valence-corrected chi connectivity index (χ0v) is 9.59. The Morgan fingerprint density at radius 1 is 1.38 bits per heavy atom. The van der Waals surface area contributed by atoms with E-state index in [1.807, 2.05) is 12.1 Å². The summed E-state index contributed by atoms with van der Waals surface area (Å²) >= 11 is 5.94. The third-order valence-corrected chi connectivity index (χ3v) is 2.82. The molecular weight excluding hydrogens is 222 g/mol. The first-order valence-corrected chi connectivity index (χ1v) is 5.67.